The lowest BCUT2D eigenvalue weighted by Gasteiger charge is -2.07. The van der Waals surface area contributed by atoms with E-state index in [2.05, 4.69) is 22.3 Å². The van der Waals surface area contributed by atoms with Gasteiger partial charge in [0.25, 0.3) is 0 Å². The number of nitrogens with one attached hydrogen (secondary N) is 2. The van der Waals surface area contributed by atoms with E-state index in [0.29, 0.717) is 19.4 Å². The molecule has 0 aliphatic rings. The van der Waals surface area contributed by atoms with Gasteiger partial charge in [-0.05, 0) is 37.1 Å². The van der Waals surface area contributed by atoms with Gasteiger partial charge in [0, 0.05) is 19.5 Å². The predicted octanol–water partition coefficient (Wildman–Crippen LogP) is 2.76. The van der Waals surface area contributed by atoms with Gasteiger partial charge in [0.1, 0.15) is 5.75 Å². The molecule has 0 unspecified atom stereocenters. The van der Waals surface area contributed by atoms with Gasteiger partial charge in [-0.3, -0.25) is 4.79 Å². The lowest BCUT2D eigenvalue weighted by atomic mass is 10.1. The third-order valence-corrected chi connectivity index (χ3v) is 2.84. The summed E-state index contributed by atoms with van der Waals surface area (Å²) < 4.78 is 28.2. The Morgan fingerprint density at radius 1 is 1.18 bits per heavy atom. The predicted molar refractivity (Wildman–Crippen MR) is 84.8 cm³/mol. The van der Waals surface area contributed by atoms with E-state index in [1.54, 1.807) is 12.1 Å². The Bertz CT molecular complexity index is 417. The fourth-order valence-corrected chi connectivity index (χ4v) is 1.78. The molecular weight excluding hydrogens is 314 g/mol. The van der Waals surface area contributed by atoms with Gasteiger partial charge in [-0.2, -0.15) is 8.78 Å². The van der Waals surface area contributed by atoms with Gasteiger partial charge in [-0.15, -0.1) is 12.4 Å². The quantitative estimate of drug-likeness (QED) is 0.646. The van der Waals surface area contributed by atoms with E-state index in [0.717, 1.165) is 25.1 Å². The maximum Gasteiger partial charge on any atom is 0.387 e. The first kappa shape index (κ1) is 20.6. The van der Waals surface area contributed by atoms with Crippen LogP contribution in [0.4, 0.5) is 8.78 Å². The van der Waals surface area contributed by atoms with Crippen molar-refractivity contribution >= 4 is 18.3 Å². The summed E-state index contributed by atoms with van der Waals surface area (Å²) in [5.41, 5.74) is 0.913. The van der Waals surface area contributed by atoms with Crippen molar-refractivity contribution in [2.75, 3.05) is 19.6 Å². The van der Waals surface area contributed by atoms with Crippen molar-refractivity contribution < 1.29 is 18.3 Å². The molecule has 4 nitrogen and oxygen atoms in total. The highest BCUT2D eigenvalue weighted by Crippen LogP contribution is 2.15. The fraction of sp³-hybridized carbons (Fsp3) is 0.533. The molecule has 0 heterocycles. The zero-order valence-corrected chi connectivity index (χ0v) is 13.4. The largest absolute Gasteiger partial charge is 0.435 e. The zero-order chi connectivity index (χ0) is 15.5. The Balaban J connectivity index is 0.00000441. The molecular formula is C15H23ClF2N2O2. The summed E-state index contributed by atoms with van der Waals surface area (Å²) in [6.45, 7) is 1.59. The Morgan fingerprint density at radius 2 is 1.86 bits per heavy atom. The molecule has 0 aliphatic heterocycles. The SMILES string of the molecule is CCCNCCNC(=O)CCc1ccc(OC(F)F)cc1.Cl. The third kappa shape index (κ3) is 9.52. The highest BCUT2D eigenvalue weighted by Gasteiger charge is 2.05. The number of aryl methyl sites for hydroxylation is 1. The lowest BCUT2D eigenvalue weighted by Crippen LogP contribution is -2.32. The van der Waals surface area contributed by atoms with Gasteiger partial charge in [0.05, 0.1) is 0 Å². The third-order valence-electron chi connectivity index (χ3n) is 2.84. The second kappa shape index (κ2) is 12.2. The first-order valence-corrected chi connectivity index (χ1v) is 7.13. The molecule has 7 heteroatoms. The van der Waals surface area contributed by atoms with Crippen LogP contribution in [0.5, 0.6) is 5.75 Å². The molecule has 0 saturated carbocycles. The molecule has 22 heavy (non-hydrogen) atoms. The molecule has 2 N–H and O–H groups in total. The number of benzene rings is 1. The van der Waals surface area contributed by atoms with Crippen LogP contribution in [0.25, 0.3) is 0 Å². The van der Waals surface area contributed by atoms with Crippen molar-refractivity contribution in [1.82, 2.24) is 10.6 Å². The summed E-state index contributed by atoms with van der Waals surface area (Å²) in [6.07, 6.45) is 2.02. The topological polar surface area (TPSA) is 50.4 Å². The van der Waals surface area contributed by atoms with Crippen LogP contribution in [0, 0.1) is 0 Å². The van der Waals surface area contributed by atoms with E-state index in [1.807, 2.05) is 0 Å². The maximum absolute atomic E-state index is 12.0. The second-order valence-corrected chi connectivity index (χ2v) is 4.62. The molecule has 126 valence electrons. The van der Waals surface area contributed by atoms with Gasteiger partial charge >= 0.3 is 6.61 Å². The smallest absolute Gasteiger partial charge is 0.387 e. The lowest BCUT2D eigenvalue weighted by molar-refractivity contribution is -0.121. The van der Waals surface area contributed by atoms with Gasteiger partial charge in [0.2, 0.25) is 5.91 Å². The monoisotopic (exact) mass is 336 g/mol. The standard InChI is InChI=1S/C15H22F2N2O2.ClH/c1-2-9-18-10-11-19-14(20)8-5-12-3-6-13(7-4-12)21-15(16)17;/h3-4,6-7,15,18H,2,5,8-11H2,1H3,(H,19,20);1H. The number of ether oxygens (including phenoxy) is 1. The molecule has 1 rings (SSSR count). The summed E-state index contributed by atoms with van der Waals surface area (Å²) in [4.78, 5) is 11.6. The molecule has 0 aromatic heterocycles. The summed E-state index contributed by atoms with van der Waals surface area (Å²) in [7, 11) is 0. The number of amides is 1. The summed E-state index contributed by atoms with van der Waals surface area (Å²) in [5, 5.41) is 6.02. The molecule has 0 spiro atoms. The van der Waals surface area contributed by atoms with Crippen molar-refractivity contribution in [1.29, 1.82) is 0 Å². The van der Waals surface area contributed by atoms with Crippen LogP contribution in [0.1, 0.15) is 25.3 Å². The van der Waals surface area contributed by atoms with E-state index in [-0.39, 0.29) is 24.1 Å². The van der Waals surface area contributed by atoms with Crippen molar-refractivity contribution in [2.24, 2.45) is 0 Å². The Labute approximate surface area is 136 Å². The Kier molecular flexibility index (Phi) is 11.4. The van der Waals surface area contributed by atoms with E-state index in [1.165, 1.54) is 12.1 Å². The molecule has 0 saturated heterocycles. The Morgan fingerprint density at radius 3 is 2.45 bits per heavy atom. The van der Waals surface area contributed by atoms with Crippen LogP contribution >= 0.6 is 12.4 Å². The minimum Gasteiger partial charge on any atom is -0.435 e. The molecule has 1 aromatic rings. The number of rotatable bonds is 10. The average Bonchev–Trinajstić information content (AvgIpc) is 2.46. The highest BCUT2D eigenvalue weighted by molar-refractivity contribution is 5.85. The molecule has 1 amide bonds. The van der Waals surface area contributed by atoms with E-state index in [9.17, 15) is 13.6 Å². The number of carbonyl (C=O) groups is 1. The Hall–Kier alpha value is -1.40. The zero-order valence-electron chi connectivity index (χ0n) is 12.6. The first-order valence-electron chi connectivity index (χ1n) is 7.13. The number of halogens is 3. The number of carbonyl (C=O) groups excluding carboxylic acids is 1. The second-order valence-electron chi connectivity index (χ2n) is 4.62. The van der Waals surface area contributed by atoms with E-state index >= 15 is 0 Å². The fourth-order valence-electron chi connectivity index (χ4n) is 1.78. The van der Waals surface area contributed by atoms with Crippen LogP contribution in [-0.4, -0.2) is 32.2 Å². The van der Waals surface area contributed by atoms with Gasteiger partial charge in [-0.1, -0.05) is 19.1 Å². The van der Waals surface area contributed by atoms with Crippen LogP contribution in [0.15, 0.2) is 24.3 Å². The van der Waals surface area contributed by atoms with Gasteiger partial charge in [-0.25, -0.2) is 0 Å². The van der Waals surface area contributed by atoms with E-state index in [4.69, 9.17) is 0 Å². The van der Waals surface area contributed by atoms with Crippen LogP contribution in [0.2, 0.25) is 0 Å². The first-order chi connectivity index (χ1) is 10.1. The molecule has 0 radical (unpaired) electrons. The van der Waals surface area contributed by atoms with Gasteiger partial charge < -0.3 is 15.4 Å². The molecule has 0 bridgehead atoms. The molecule has 0 aliphatic carbocycles. The molecule has 1 aromatic carbocycles. The summed E-state index contributed by atoms with van der Waals surface area (Å²) >= 11 is 0. The summed E-state index contributed by atoms with van der Waals surface area (Å²) in [5.74, 6) is 0.112. The van der Waals surface area contributed by atoms with Crippen molar-refractivity contribution in [3.63, 3.8) is 0 Å². The van der Waals surface area contributed by atoms with Crippen LogP contribution in [-0.2, 0) is 11.2 Å². The number of hydrogen-bond donors (Lipinski definition) is 2. The maximum atomic E-state index is 12.0. The highest BCUT2D eigenvalue weighted by atomic mass is 35.5. The average molecular weight is 337 g/mol. The summed E-state index contributed by atoms with van der Waals surface area (Å²) in [6, 6.07) is 6.34. The normalized spacial score (nSPS) is 10.2. The van der Waals surface area contributed by atoms with Crippen LogP contribution < -0.4 is 15.4 Å². The molecule has 0 fully saturated rings. The minimum absolute atomic E-state index is 0. The minimum atomic E-state index is -2.82. The van der Waals surface area contributed by atoms with Gasteiger partial charge in [0.15, 0.2) is 0 Å². The number of hydrogen-bond acceptors (Lipinski definition) is 3. The van der Waals surface area contributed by atoms with E-state index < -0.39 is 6.61 Å². The molecule has 0 atom stereocenters. The number of alkyl halides is 2. The van der Waals surface area contributed by atoms with Crippen molar-refractivity contribution in [3.05, 3.63) is 29.8 Å². The van der Waals surface area contributed by atoms with Crippen molar-refractivity contribution in [2.45, 2.75) is 32.8 Å². The van der Waals surface area contributed by atoms with Crippen LogP contribution in [0.3, 0.4) is 0 Å². The van der Waals surface area contributed by atoms with Crippen molar-refractivity contribution in [3.8, 4) is 5.75 Å².